The van der Waals surface area contributed by atoms with Crippen molar-refractivity contribution in [3.8, 4) is 0 Å². The first kappa shape index (κ1) is 40.7. The van der Waals surface area contributed by atoms with E-state index in [-0.39, 0.29) is 0 Å². The molecule has 2 nitrogen and oxygen atoms in total. The molecule has 0 saturated carbocycles. The lowest BCUT2D eigenvalue weighted by Crippen LogP contribution is -2.38. The standard InChI is InChI=1S/C44H80N2/c1-3-5-7-9-11-13-15-17-18-19-20-21-23-25-27-29-34-38-44-45(40-41-46(44)42-43-36-32-31-33-37-43)39-35-30-28-26-24-22-16-14-12-10-8-6-4-2/h31-33,36-37,40-41,44H,3-30,34-35,38-39,42H2,1-2H3. The van der Waals surface area contributed by atoms with E-state index in [1.807, 2.05) is 0 Å². The fourth-order valence-corrected chi connectivity index (χ4v) is 7.43. The largest absolute Gasteiger partial charge is 0.356 e. The van der Waals surface area contributed by atoms with Gasteiger partial charge in [-0.25, -0.2) is 0 Å². The molecule has 1 aromatic carbocycles. The van der Waals surface area contributed by atoms with Crippen LogP contribution in [0.1, 0.15) is 218 Å². The van der Waals surface area contributed by atoms with Gasteiger partial charge in [0.05, 0.1) is 0 Å². The van der Waals surface area contributed by atoms with Crippen LogP contribution in [0.3, 0.4) is 0 Å². The fourth-order valence-electron chi connectivity index (χ4n) is 7.43. The van der Waals surface area contributed by atoms with Gasteiger partial charge in [0.1, 0.15) is 6.17 Å². The van der Waals surface area contributed by atoms with Crippen LogP contribution >= 0.6 is 0 Å². The van der Waals surface area contributed by atoms with Crippen molar-refractivity contribution in [3.63, 3.8) is 0 Å². The average molecular weight is 637 g/mol. The molecule has 1 aliphatic rings. The number of nitrogens with zero attached hydrogens (tertiary/aromatic N) is 2. The van der Waals surface area contributed by atoms with Crippen molar-refractivity contribution >= 4 is 0 Å². The number of unbranched alkanes of at least 4 members (excludes halogenated alkanes) is 28. The lowest BCUT2D eigenvalue weighted by Gasteiger charge is -2.33. The molecule has 1 aliphatic heterocycles. The molecule has 0 aromatic heterocycles. The lowest BCUT2D eigenvalue weighted by molar-refractivity contribution is 0.132. The van der Waals surface area contributed by atoms with Crippen molar-refractivity contribution in [2.24, 2.45) is 0 Å². The molecule has 0 bridgehead atoms. The first-order valence-electron chi connectivity index (χ1n) is 21.1. The minimum absolute atomic E-state index is 0.550. The molecule has 0 amide bonds. The zero-order chi connectivity index (χ0) is 32.6. The molecule has 1 unspecified atom stereocenters. The Morgan fingerprint density at radius 2 is 0.739 bits per heavy atom. The van der Waals surface area contributed by atoms with E-state index < -0.39 is 0 Å². The molecule has 0 spiro atoms. The van der Waals surface area contributed by atoms with Crippen LogP contribution in [0.2, 0.25) is 0 Å². The van der Waals surface area contributed by atoms with E-state index >= 15 is 0 Å². The van der Waals surface area contributed by atoms with Gasteiger partial charge < -0.3 is 9.80 Å². The van der Waals surface area contributed by atoms with E-state index in [2.05, 4.69) is 66.4 Å². The Labute approximate surface area is 289 Å². The quantitative estimate of drug-likeness (QED) is 0.0694. The Morgan fingerprint density at radius 1 is 0.391 bits per heavy atom. The summed E-state index contributed by atoms with van der Waals surface area (Å²) < 4.78 is 0. The summed E-state index contributed by atoms with van der Waals surface area (Å²) >= 11 is 0. The molecular formula is C44H80N2. The van der Waals surface area contributed by atoms with E-state index in [0.717, 1.165) is 6.54 Å². The summed E-state index contributed by atoms with van der Waals surface area (Å²) in [5.74, 6) is 0. The summed E-state index contributed by atoms with van der Waals surface area (Å²) in [6, 6.07) is 11.1. The molecule has 0 N–H and O–H groups in total. The molecule has 1 aromatic rings. The Balaban J connectivity index is 1.51. The number of hydrogen-bond donors (Lipinski definition) is 0. The van der Waals surface area contributed by atoms with Gasteiger partial charge in [-0.2, -0.15) is 0 Å². The zero-order valence-corrected chi connectivity index (χ0v) is 31.3. The molecular weight excluding hydrogens is 556 g/mol. The third-order valence-corrected chi connectivity index (χ3v) is 10.5. The number of rotatable bonds is 34. The maximum absolute atomic E-state index is 2.67. The van der Waals surface area contributed by atoms with Crippen LogP contribution in [0.4, 0.5) is 0 Å². The summed E-state index contributed by atoms with van der Waals surface area (Å²) in [6.45, 7) is 6.88. The zero-order valence-electron chi connectivity index (χ0n) is 31.3. The highest BCUT2D eigenvalue weighted by molar-refractivity contribution is 5.16. The van der Waals surface area contributed by atoms with Crippen LogP contribution in [-0.2, 0) is 6.54 Å². The van der Waals surface area contributed by atoms with E-state index in [1.54, 1.807) is 0 Å². The number of hydrogen-bond acceptors (Lipinski definition) is 2. The predicted octanol–water partition coefficient (Wildman–Crippen LogP) is 14.7. The molecule has 0 aliphatic carbocycles. The van der Waals surface area contributed by atoms with Gasteiger partial charge in [0.25, 0.3) is 0 Å². The summed E-state index contributed by atoms with van der Waals surface area (Å²) in [6.07, 6.45) is 49.8. The Kier molecular flexibility index (Phi) is 27.3. The van der Waals surface area contributed by atoms with Crippen molar-refractivity contribution in [1.29, 1.82) is 0 Å². The smallest absolute Gasteiger partial charge is 0.101 e. The molecule has 1 heterocycles. The average Bonchev–Trinajstić information content (AvgIpc) is 3.45. The monoisotopic (exact) mass is 637 g/mol. The minimum atomic E-state index is 0.550. The molecule has 0 saturated heterocycles. The first-order valence-corrected chi connectivity index (χ1v) is 21.1. The van der Waals surface area contributed by atoms with Crippen molar-refractivity contribution < 1.29 is 0 Å². The molecule has 2 heteroatoms. The van der Waals surface area contributed by atoms with E-state index in [9.17, 15) is 0 Å². The van der Waals surface area contributed by atoms with Crippen LogP contribution < -0.4 is 0 Å². The predicted molar refractivity (Wildman–Crippen MR) is 206 cm³/mol. The third kappa shape index (κ3) is 22.2. The highest BCUT2D eigenvalue weighted by Gasteiger charge is 2.25. The van der Waals surface area contributed by atoms with Crippen LogP contribution in [-0.4, -0.2) is 22.5 Å². The second kappa shape index (κ2) is 30.9. The molecule has 0 radical (unpaired) electrons. The maximum atomic E-state index is 2.67. The fraction of sp³-hybridized carbons (Fsp3) is 0.818. The lowest BCUT2D eigenvalue weighted by atomic mass is 10.0. The van der Waals surface area contributed by atoms with E-state index in [1.165, 1.54) is 211 Å². The van der Waals surface area contributed by atoms with Gasteiger partial charge in [-0.1, -0.05) is 224 Å². The van der Waals surface area contributed by atoms with Gasteiger partial charge in [0, 0.05) is 25.5 Å². The van der Waals surface area contributed by atoms with E-state index in [4.69, 9.17) is 0 Å². The second-order valence-electron chi connectivity index (χ2n) is 14.9. The van der Waals surface area contributed by atoms with Crippen LogP contribution in [0, 0.1) is 0 Å². The summed E-state index contributed by atoms with van der Waals surface area (Å²) in [7, 11) is 0. The van der Waals surface area contributed by atoms with Crippen molar-refractivity contribution in [1.82, 2.24) is 9.80 Å². The maximum Gasteiger partial charge on any atom is 0.101 e. The van der Waals surface area contributed by atoms with Gasteiger partial charge in [0.15, 0.2) is 0 Å². The molecule has 2 rings (SSSR count). The van der Waals surface area contributed by atoms with Gasteiger partial charge in [-0.15, -0.1) is 0 Å². The summed E-state index contributed by atoms with van der Waals surface area (Å²) in [5.41, 5.74) is 1.43. The third-order valence-electron chi connectivity index (χ3n) is 10.5. The van der Waals surface area contributed by atoms with Crippen molar-refractivity contribution in [2.45, 2.75) is 226 Å². The highest BCUT2D eigenvalue weighted by atomic mass is 15.4. The highest BCUT2D eigenvalue weighted by Crippen LogP contribution is 2.25. The Bertz CT molecular complexity index is 773. The Morgan fingerprint density at radius 3 is 1.15 bits per heavy atom. The van der Waals surface area contributed by atoms with Crippen LogP contribution in [0.15, 0.2) is 42.7 Å². The summed E-state index contributed by atoms with van der Waals surface area (Å²) in [5, 5.41) is 0. The van der Waals surface area contributed by atoms with E-state index in [0.29, 0.717) is 6.17 Å². The molecule has 0 fully saturated rings. The van der Waals surface area contributed by atoms with Crippen LogP contribution in [0.25, 0.3) is 0 Å². The Hall–Kier alpha value is -1.44. The molecule has 46 heavy (non-hydrogen) atoms. The van der Waals surface area contributed by atoms with Gasteiger partial charge in [-0.3, -0.25) is 0 Å². The van der Waals surface area contributed by atoms with Gasteiger partial charge in [0.2, 0.25) is 0 Å². The van der Waals surface area contributed by atoms with Gasteiger partial charge in [-0.05, 0) is 24.8 Å². The van der Waals surface area contributed by atoms with Gasteiger partial charge >= 0.3 is 0 Å². The van der Waals surface area contributed by atoms with Crippen molar-refractivity contribution in [2.75, 3.05) is 6.54 Å². The molecule has 266 valence electrons. The number of benzene rings is 1. The second-order valence-corrected chi connectivity index (χ2v) is 14.9. The molecule has 1 atom stereocenters. The minimum Gasteiger partial charge on any atom is -0.356 e. The first-order chi connectivity index (χ1) is 22.8. The summed E-state index contributed by atoms with van der Waals surface area (Å²) in [4.78, 5) is 5.29. The SMILES string of the molecule is CCCCCCCCCCCCCCCCCCCC1N(CCCCCCCCCCCCCCC)C=CN1Cc1ccccc1. The van der Waals surface area contributed by atoms with Crippen molar-refractivity contribution in [3.05, 3.63) is 48.3 Å². The van der Waals surface area contributed by atoms with Crippen LogP contribution in [0.5, 0.6) is 0 Å². The normalized spacial score (nSPS) is 14.6. The topological polar surface area (TPSA) is 6.48 Å².